The highest BCUT2D eigenvalue weighted by Gasteiger charge is 2.22. The number of carbonyl (C=O) groups excluding carboxylic acids is 1. The zero-order chi connectivity index (χ0) is 15.5. The number of nitrogens with one attached hydrogen (secondary N) is 2. The second-order valence-corrected chi connectivity index (χ2v) is 5.53. The molecule has 3 rings (SSSR count). The number of ether oxygens (including phenoxy) is 1. The van der Waals surface area contributed by atoms with Crippen LogP contribution in [-0.2, 0) is 17.6 Å². The van der Waals surface area contributed by atoms with Crippen molar-refractivity contribution in [2.75, 3.05) is 6.61 Å². The van der Waals surface area contributed by atoms with E-state index in [1.165, 1.54) is 17.2 Å². The molecule has 0 fully saturated rings. The summed E-state index contributed by atoms with van der Waals surface area (Å²) < 4.78 is 5.36. The Bertz CT molecular complexity index is 727. The summed E-state index contributed by atoms with van der Waals surface area (Å²) in [5.74, 6) is -0.00665. The van der Waals surface area contributed by atoms with Gasteiger partial charge in [-0.2, -0.15) is 0 Å². The second kappa shape index (κ2) is 6.05. The molecule has 22 heavy (non-hydrogen) atoms. The zero-order valence-corrected chi connectivity index (χ0v) is 12.4. The van der Waals surface area contributed by atoms with E-state index in [0.717, 1.165) is 12.8 Å². The van der Waals surface area contributed by atoms with Gasteiger partial charge in [0.1, 0.15) is 0 Å². The van der Waals surface area contributed by atoms with Crippen molar-refractivity contribution >= 4 is 5.91 Å². The highest BCUT2D eigenvalue weighted by molar-refractivity contribution is 5.78. The number of carbonyl (C=O) groups is 1. The monoisotopic (exact) mass is 298 g/mol. The van der Waals surface area contributed by atoms with Gasteiger partial charge >= 0.3 is 0 Å². The molecule has 0 atom stereocenters. The molecule has 0 unspecified atom stereocenters. The molecule has 0 spiro atoms. The summed E-state index contributed by atoms with van der Waals surface area (Å²) in [4.78, 5) is 26.6. The summed E-state index contributed by atoms with van der Waals surface area (Å²) in [5.41, 5.74) is 2.96. The SMILES string of the molecule is Cc1[nH]ccc(=O)c1OCC(=O)NC1Cc2ccccc2C1. The van der Waals surface area contributed by atoms with Crippen molar-refractivity contribution in [2.24, 2.45) is 0 Å². The number of benzene rings is 1. The fourth-order valence-corrected chi connectivity index (χ4v) is 2.82. The molecule has 0 saturated heterocycles. The molecule has 114 valence electrons. The van der Waals surface area contributed by atoms with Gasteiger partial charge in [-0.1, -0.05) is 24.3 Å². The molecule has 5 nitrogen and oxygen atoms in total. The minimum atomic E-state index is -0.225. The molecule has 1 heterocycles. The number of hydrogen-bond donors (Lipinski definition) is 2. The van der Waals surface area contributed by atoms with Crippen LogP contribution in [0.25, 0.3) is 0 Å². The summed E-state index contributed by atoms with van der Waals surface area (Å²) in [6, 6.07) is 9.68. The molecule has 0 radical (unpaired) electrons. The standard InChI is InChI=1S/C17H18N2O3/c1-11-17(15(20)6-7-18-11)22-10-16(21)19-14-8-12-4-2-3-5-13(12)9-14/h2-7,14H,8-10H2,1H3,(H,18,20)(H,19,21). The van der Waals surface area contributed by atoms with Crippen molar-refractivity contribution < 1.29 is 9.53 Å². The first-order valence-electron chi connectivity index (χ1n) is 7.30. The maximum atomic E-state index is 12.0. The normalized spacial score (nSPS) is 13.7. The second-order valence-electron chi connectivity index (χ2n) is 5.53. The Kier molecular flexibility index (Phi) is 3.96. The predicted molar refractivity (Wildman–Crippen MR) is 83.1 cm³/mol. The summed E-state index contributed by atoms with van der Waals surface area (Å²) >= 11 is 0. The molecular formula is C17H18N2O3. The van der Waals surface area contributed by atoms with Gasteiger partial charge in [0.25, 0.3) is 5.91 Å². The first kappa shape index (κ1) is 14.4. The number of H-pyrrole nitrogens is 1. The third-order valence-corrected chi connectivity index (χ3v) is 3.86. The number of aromatic amines is 1. The summed E-state index contributed by atoms with van der Waals surface area (Å²) in [6.07, 6.45) is 3.24. The number of fused-ring (bicyclic) bond motifs is 1. The highest BCUT2D eigenvalue weighted by atomic mass is 16.5. The van der Waals surface area contributed by atoms with E-state index < -0.39 is 0 Å². The quantitative estimate of drug-likeness (QED) is 0.895. The first-order chi connectivity index (χ1) is 10.6. The molecule has 1 aromatic heterocycles. The maximum absolute atomic E-state index is 12.0. The summed E-state index contributed by atoms with van der Waals surface area (Å²) in [5, 5.41) is 2.96. The van der Waals surface area contributed by atoms with Crippen LogP contribution in [0.2, 0.25) is 0 Å². The zero-order valence-electron chi connectivity index (χ0n) is 12.4. The van der Waals surface area contributed by atoms with E-state index in [1.54, 1.807) is 13.1 Å². The van der Waals surface area contributed by atoms with Gasteiger partial charge in [-0.15, -0.1) is 0 Å². The maximum Gasteiger partial charge on any atom is 0.258 e. The van der Waals surface area contributed by atoms with E-state index in [0.29, 0.717) is 5.69 Å². The van der Waals surface area contributed by atoms with Gasteiger partial charge in [-0.05, 0) is 30.9 Å². The first-order valence-corrected chi connectivity index (χ1v) is 7.30. The third-order valence-electron chi connectivity index (χ3n) is 3.86. The molecule has 2 N–H and O–H groups in total. The Morgan fingerprint density at radius 1 is 1.27 bits per heavy atom. The largest absolute Gasteiger partial charge is 0.478 e. The molecule has 0 saturated carbocycles. The minimum absolute atomic E-state index is 0.101. The van der Waals surface area contributed by atoms with Crippen LogP contribution in [0.4, 0.5) is 0 Å². The lowest BCUT2D eigenvalue weighted by atomic mass is 10.1. The number of amides is 1. The number of rotatable bonds is 4. The van der Waals surface area contributed by atoms with Gasteiger partial charge in [-0.25, -0.2) is 0 Å². The number of hydrogen-bond acceptors (Lipinski definition) is 3. The van der Waals surface area contributed by atoms with Crippen LogP contribution in [0.5, 0.6) is 5.75 Å². The molecular weight excluding hydrogens is 280 g/mol. The van der Waals surface area contributed by atoms with Crippen LogP contribution >= 0.6 is 0 Å². The Morgan fingerprint density at radius 2 is 1.95 bits per heavy atom. The number of aromatic nitrogens is 1. The van der Waals surface area contributed by atoms with E-state index in [9.17, 15) is 9.59 Å². The van der Waals surface area contributed by atoms with Crippen LogP contribution in [0.15, 0.2) is 41.3 Å². The van der Waals surface area contributed by atoms with E-state index in [-0.39, 0.29) is 29.7 Å². The molecule has 1 aromatic carbocycles. The highest BCUT2D eigenvalue weighted by Crippen LogP contribution is 2.21. The van der Waals surface area contributed by atoms with Crippen LogP contribution in [0.3, 0.4) is 0 Å². The van der Waals surface area contributed by atoms with Gasteiger partial charge in [0.05, 0.1) is 5.69 Å². The molecule has 0 aliphatic heterocycles. The smallest absolute Gasteiger partial charge is 0.258 e. The van der Waals surface area contributed by atoms with E-state index >= 15 is 0 Å². The lowest BCUT2D eigenvalue weighted by Gasteiger charge is -2.13. The third kappa shape index (κ3) is 3.03. The van der Waals surface area contributed by atoms with Crippen molar-refractivity contribution in [3.63, 3.8) is 0 Å². The van der Waals surface area contributed by atoms with E-state index in [4.69, 9.17) is 4.74 Å². The van der Waals surface area contributed by atoms with Gasteiger partial charge in [-0.3, -0.25) is 9.59 Å². The van der Waals surface area contributed by atoms with Crippen LogP contribution < -0.4 is 15.5 Å². The van der Waals surface area contributed by atoms with Crippen LogP contribution in [-0.4, -0.2) is 23.5 Å². The fraction of sp³-hybridized carbons (Fsp3) is 0.294. The van der Waals surface area contributed by atoms with Crippen LogP contribution in [0.1, 0.15) is 16.8 Å². The van der Waals surface area contributed by atoms with Gasteiger partial charge < -0.3 is 15.0 Å². The molecule has 2 aromatic rings. The lowest BCUT2D eigenvalue weighted by Crippen LogP contribution is -2.38. The summed E-state index contributed by atoms with van der Waals surface area (Å²) in [6.45, 7) is 1.59. The van der Waals surface area contributed by atoms with E-state index in [1.807, 2.05) is 12.1 Å². The molecule has 1 amide bonds. The lowest BCUT2D eigenvalue weighted by molar-refractivity contribution is -0.123. The predicted octanol–water partition coefficient (Wildman–Crippen LogP) is 1.35. The van der Waals surface area contributed by atoms with Crippen molar-refractivity contribution in [1.29, 1.82) is 0 Å². The summed E-state index contributed by atoms with van der Waals surface area (Å²) in [7, 11) is 0. The fourth-order valence-electron chi connectivity index (χ4n) is 2.82. The Hall–Kier alpha value is -2.56. The van der Waals surface area contributed by atoms with Crippen molar-refractivity contribution in [3.05, 3.63) is 63.6 Å². The van der Waals surface area contributed by atoms with E-state index in [2.05, 4.69) is 22.4 Å². The van der Waals surface area contributed by atoms with Crippen molar-refractivity contribution in [2.45, 2.75) is 25.8 Å². The average molecular weight is 298 g/mol. The molecule has 0 bridgehead atoms. The number of pyridine rings is 1. The topological polar surface area (TPSA) is 71.2 Å². The average Bonchev–Trinajstić information content (AvgIpc) is 2.88. The van der Waals surface area contributed by atoms with Crippen LogP contribution in [0, 0.1) is 6.92 Å². The molecule has 1 aliphatic carbocycles. The molecule has 5 heteroatoms. The van der Waals surface area contributed by atoms with Crippen molar-refractivity contribution in [3.8, 4) is 5.75 Å². The Balaban J connectivity index is 1.55. The number of aryl methyl sites for hydroxylation is 1. The van der Waals surface area contributed by atoms with Gasteiger partial charge in [0.15, 0.2) is 12.4 Å². The minimum Gasteiger partial charge on any atom is -0.478 e. The molecule has 1 aliphatic rings. The Morgan fingerprint density at radius 3 is 2.59 bits per heavy atom. The Labute approximate surface area is 128 Å². The van der Waals surface area contributed by atoms with Crippen molar-refractivity contribution in [1.82, 2.24) is 10.3 Å². The van der Waals surface area contributed by atoms with Gasteiger partial charge in [0.2, 0.25) is 5.43 Å². The van der Waals surface area contributed by atoms with Gasteiger partial charge in [0, 0.05) is 18.3 Å².